The second-order valence-electron chi connectivity index (χ2n) is 5.87. The van der Waals surface area contributed by atoms with E-state index in [9.17, 15) is 24.5 Å². The monoisotopic (exact) mass is 449 g/mol. The van der Waals surface area contributed by atoms with Crippen molar-refractivity contribution in [3.05, 3.63) is 27.1 Å². The molecule has 1 unspecified atom stereocenters. The van der Waals surface area contributed by atoms with Crippen molar-refractivity contribution in [2.75, 3.05) is 25.5 Å². The number of imidazole rings is 1. The molecule has 0 saturated carbocycles. The number of azide groups is 1. The number of nitrogens with two attached hydrogens (primary N) is 1. The number of aromatic amines is 1. The van der Waals surface area contributed by atoms with E-state index in [0.29, 0.717) is 0 Å². The molecular weight excluding hydrogens is 429 g/mol. The van der Waals surface area contributed by atoms with E-state index in [0.717, 1.165) is 0 Å². The van der Waals surface area contributed by atoms with Crippen LogP contribution in [0, 0.1) is 0 Å². The molecule has 17 nitrogen and oxygen atoms in total. The fourth-order valence-corrected chi connectivity index (χ4v) is 3.39. The number of aliphatic hydroxyl groups is 2. The van der Waals surface area contributed by atoms with Gasteiger partial charge in [0, 0.05) is 11.5 Å². The Morgan fingerprint density at radius 3 is 2.87 bits per heavy atom. The Morgan fingerprint density at radius 2 is 2.17 bits per heavy atom. The molecule has 3 heterocycles. The second kappa shape index (κ2) is 9.48. The summed E-state index contributed by atoms with van der Waals surface area (Å²) in [7, 11) is -4.51. The van der Waals surface area contributed by atoms with Gasteiger partial charge in [-0.15, -0.1) is 0 Å². The van der Waals surface area contributed by atoms with Gasteiger partial charge in [-0.2, -0.15) is 4.98 Å². The average Bonchev–Trinajstić information content (AvgIpc) is 3.19. The van der Waals surface area contributed by atoms with Gasteiger partial charge in [-0.1, -0.05) is 5.11 Å². The molecule has 2 aromatic heterocycles. The Balaban J connectivity index is 0.00000320. The molecule has 0 radical (unpaired) electrons. The summed E-state index contributed by atoms with van der Waals surface area (Å²) in [4.78, 5) is 34.0. The van der Waals surface area contributed by atoms with Crippen LogP contribution in [0.15, 0.2) is 16.2 Å². The van der Waals surface area contributed by atoms with Crippen LogP contribution in [0.4, 0.5) is 5.95 Å². The lowest BCUT2D eigenvalue weighted by atomic mass is 10.1. The second-order valence-corrected chi connectivity index (χ2v) is 7.33. The van der Waals surface area contributed by atoms with Gasteiger partial charge in [0.15, 0.2) is 17.4 Å². The number of phosphoric acid groups is 1. The van der Waals surface area contributed by atoms with Crippen LogP contribution < -0.4 is 17.4 Å². The lowest BCUT2D eigenvalue weighted by molar-refractivity contribution is -0.0513. The number of nitrogens with zero attached hydrogens (tertiary/aromatic N) is 6. The number of aromatic nitrogens is 4. The molecule has 1 aliphatic rings. The van der Waals surface area contributed by atoms with E-state index in [4.69, 9.17) is 20.5 Å². The molecule has 30 heavy (non-hydrogen) atoms. The first-order valence-corrected chi connectivity index (χ1v) is 9.59. The summed E-state index contributed by atoms with van der Waals surface area (Å²) in [5.41, 5.74) is 13.0. The lowest BCUT2D eigenvalue weighted by Crippen LogP contribution is -2.33. The van der Waals surface area contributed by atoms with Gasteiger partial charge in [0.2, 0.25) is 5.95 Å². The van der Waals surface area contributed by atoms with Crippen molar-refractivity contribution in [1.29, 1.82) is 0 Å². The molecular formula is C12H20N9O8P. The molecule has 0 aromatic carbocycles. The Morgan fingerprint density at radius 1 is 1.43 bits per heavy atom. The maximum atomic E-state index is 11.9. The topological polar surface area (TPSA) is 279 Å². The average molecular weight is 449 g/mol. The molecule has 3 rings (SSSR count). The highest BCUT2D eigenvalue weighted by Crippen LogP contribution is 2.44. The quantitative estimate of drug-likeness (QED) is 0.0923. The zero-order valence-electron chi connectivity index (χ0n) is 15.3. The summed E-state index contributed by atoms with van der Waals surface area (Å²) in [6.07, 6.45) is -4.26. The molecule has 0 spiro atoms. The maximum Gasteiger partial charge on any atom is 0.472 e. The number of hydrogen-bond donors (Lipinski definition) is 6. The Kier molecular flexibility index (Phi) is 7.49. The summed E-state index contributed by atoms with van der Waals surface area (Å²) in [6.45, 7) is -1.15. The van der Waals surface area contributed by atoms with Gasteiger partial charge in [-0.3, -0.25) is 23.4 Å². The van der Waals surface area contributed by atoms with E-state index < -0.39 is 44.5 Å². The normalized spacial score (nSPS) is 25.4. The number of hydrogen-bond acceptors (Lipinski definition) is 12. The summed E-state index contributed by atoms with van der Waals surface area (Å²) < 4.78 is 27.8. The molecule has 18 heteroatoms. The summed E-state index contributed by atoms with van der Waals surface area (Å²) >= 11 is 0. The van der Waals surface area contributed by atoms with Gasteiger partial charge in [0.25, 0.3) is 5.56 Å². The molecule has 0 bridgehead atoms. The Bertz CT molecular complexity index is 1040. The van der Waals surface area contributed by atoms with Crippen molar-refractivity contribution in [2.45, 2.75) is 24.5 Å². The van der Waals surface area contributed by atoms with Gasteiger partial charge in [0.1, 0.15) is 18.3 Å². The minimum Gasteiger partial charge on any atom is -0.387 e. The zero-order chi connectivity index (χ0) is 21.2. The van der Waals surface area contributed by atoms with Crippen LogP contribution in [0.1, 0.15) is 6.23 Å². The minimum atomic E-state index is -4.51. The first-order valence-electron chi connectivity index (χ1n) is 8.10. The Hall–Kier alpha value is -2.59. The minimum absolute atomic E-state index is 0. The van der Waals surface area contributed by atoms with Crippen molar-refractivity contribution in [2.24, 2.45) is 5.11 Å². The largest absolute Gasteiger partial charge is 0.472 e. The SMILES string of the molecule is N.[N-]=[N+]=NCCOP(=O)(O)OC[C@H]1O[C@@H](n2cnc3c(=O)[nH]c(N)nc32)[C@H](O)[C@@H]1O. The molecule has 1 fully saturated rings. The van der Waals surface area contributed by atoms with Crippen molar-refractivity contribution in [3.63, 3.8) is 0 Å². The predicted octanol–water partition coefficient (Wildman–Crippen LogP) is -1.07. The fourth-order valence-electron chi connectivity index (χ4n) is 2.67. The Labute approximate surface area is 167 Å². The summed E-state index contributed by atoms with van der Waals surface area (Å²) in [6, 6.07) is 0. The molecule has 1 aliphatic heterocycles. The van der Waals surface area contributed by atoms with Crippen LogP contribution >= 0.6 is 7.82 Å². The third kappa shape index (κ3) is 4.93. The van der Waals surface area contributed by atoms with Gasteiger partial charge in [-0.25, -0.2) is 9.55 Å². The molecule has 1 saturated heterocycles. The summed E-state index contributed by atoms with van der Waals surface area (Å²) in [5, 5.41) is 23.6. The van der Waals surface area contributed by atoms with Gasteiger partial charge >= 0.3 is 7.82 Å². The van der Waals surface area contributed by atoms with E-state index in [-0.39, 0.29) is 36.4 Å². The van der Waals surface area contributed by atoms with Crippen molar-refractivity contribution in [3.8, 4) is 0 Å². The van der Waals surface area contributed by atoms with Crippen LogP contribution in [-0.2, 0) is 18.3 Å². The van der Waals surface area contributed by atoms with Gasteiger partial charge in [0.05, 0.1) is 19.5 Å². The number of rotatable bonds is 8. The first-order chi connectivity index (χ1) is 13.7. The number of H-pyrrole nitrogens is 1. The van der Waals surface area contributed by atoms with Crippen molar-refractivity contribution in [1.82, 2.24) is 25.7 Å². The van der Waals surface area contributed by atoms with Crippen LogP contribution in [0.3, 0.4) is 0 Å². The number of aliphatic hydroxyl groups excluding tert-OH is 2. The third-order valence-electron chi connectivity index (χ3n) is 3.97. The number of phosphoric ester groups is 1. The van der Waals surface area contributed by atoms with Crippen LogP contribution in [0.5, 0.6) is 0 Å². The van der Waals surface area contributed by atoms with E-state index in [1.165, 1.54) is 10.9 Å². The first kappa shape index (κ1) is 23.7. The number of nitrogens with one attached hydrogen (secondary N) is 1. The lowest BCUT2D eigenvalue weighted by Gasteiger charge is -2.17. The summed E-state index contributed by atoms with van der Waals surface area (Å²) in [5.74, 6) is -0.184. The van der Waals surface area contributed by atoms with Crippen molar-refractivity contribution < 1.29 is 33.5 Å². The number of ether oxygens (including phenoxy) is 1. The highest BCUT2D eigenvalue weighted by atomic mass is 31.2. The highest BCUT2D eigenvalue weighted by Gasteiger charge is 2.45. The third-order valence-corrected chi connectivity index (χ3v) is 4.96. The molecule has 166 valence electrons. The van der Waals surface area contributed by atoms with E-state index >= 15 is 0 Å². The number of anilines is 1. The van der Waals surface area contributed by atoms with Crippen LogP contribution in [0.2, 0.25) is 0 Å². The standard InChI is InChI=1S/C12H17N8O8P.H3N/c13-12-17-9-6(10(23)18-12)15-4-20(9)11-8(22)7(21)5(28-11)3-27-29(24,25)26-2-1-16-19-14;/h4-5,7-8,11,21-22H,1-3H2,(H,24,25)(H3,13,17,18,23);1H3/t5-,7-,8-,11-;/m1./s1. The van der Waals surface area contributed by atoms with Crippen LogP contribution in [-0.4, -0.2) is 72.7 Å². The highest BCUT2D eigenvalue weighted by molar-refractivity contribution is 7.47. The van der Waals surface area contributed by atoms with E-state index in [1.54, 1.807) is 0 Å². The molecule has 2 aromatic rings. The van der Waals surface area contributed by atoms with Crippen LogP contribution in [0.25, 0.3) is 21.6 Å². The molecule has 0 aliphatic carbocycles. The number of nitrogen functional groups attached to an aromatic ring is 1. The van der Waals surface area contributed by atoms with E-state index in [2.05, 4.69) is 29.5 Å². The van der Waals surface area contributed by atoms with Gasteiger partial charge in [-0.05, 0) is 5.53 Å². The molecule has 0 amide bonds. The van der Waals surface area contributed by atoms with Crippen molar-refractivity contribution >= 4 is 24.9 Å². The van der Waals surface area contributed by atoms with Gasteiger partial charge < -0.3 is 31.7 Å². The zero-order valence-corrected chi connectivity index (χ0v) is 16.2. The molecule has 5 atom stereocenters. The van der Waals surface area contributed by atoms with E-state index in [1.807, 2.05) is 0 Å². The fraction of sp³-hybridized carbons (Fsp3) is 0.583. The maximum absolute atomic E-state index is 11.9. The predicted molar refractivity (Wildman–Crippen MR) is 99.2 cm³/mol. The molecule has 9 N–H and O–H groups in total. The smallest absolute Gasteiger partial charge is 0.387 e. The number of fused-ring (bicyclic) bond motifs is 1.